The second kappa shape index (κ2) is 6.78. The van der Waals surface area contributed by atoms with Crippen LogP contribution in [0.15, 0.2) is 41.2 Å². The van der Waals surface area contributed by atoms with Crippen LogP contribution in [0.25, 0.3) is 11.0 Å². The first-order valence-corrected chi connectivity index (χ1v) is 9.38. The van der Waals surface area contributed by atoms with Crippen molar-refractivity contribution in [1.29, 1.82) is 0 Å². The molecule has 0 fully saturated rings. The number of nitrogens with one attached hydrogen (secondary N) is 1. The molecule has 0 saturated carbocycles. The Balaban J connectivity index is 1.59. The van der Waals surface area contributed by atoms with Gasteiger partial charge in [-0.15, -0.1) is 0 Å². The third-order valence-electron chi connectivity index (χ3n) is 4.91. The van der Waals surface area contributed by atoms with Gasteiger partial charge in [-0.25, -0.2) is 4.79 Å². The summed E-state index contributed by atoms with van der Waals surface area (Å²) >= 11 is 6.01. The third-order valence-corrected chi connectivity index (χ3v) is 5.14. The van der Waals surface area contributed by atoms with Gasteiger partial charge in [-0.2, -0.15) is 0 Å². The topological polar surface area (TPSA) is 65.3 Å². The van der Waals surface area contributed by atoms with Gasteiger partial charge in [0.15, 0.2) is 6.10 Å². The lowest BCUT2D eigenvalue weighted by molar-refractivity contribution is -0.122. The fourth-order valence-corrected chi connectivity index (χ4v) is 3.79. The zero-order valence-corrected chi connectivity index (χ0v) is 15.9. The van der Waals surface area contributed by atoms with Crippen molar-refractivity contribution >= 4 is 34.2 Å². The smallest absolute Gasteiger partial charge is 0.329 e. The summed E-state index contributed by atoms with van der Waals surface area (Å²) in [5.74, 6) is 0.469. The predicted octanol–water partition coefficient (Wildman–Crippen LogP) is 3.44. The number of amides is 1. The highest BCUT2D eigenvalue weighted by atomic mass is 35.5. The van der Waals surface area contributed by atoms with E-state index in [2.05, 4.69) is 5.32 Å². The maximum absolute atomic E-state index is 12.6. The van der Waals surface area contributed by atoms with Crippen molar-refractivity contribution in [2.75, 3.05) is 5.32 Å². The van der Waals surface area contributed by atoms with Crippen LogP contribution in [0, 0.1) is 0 Å². The van der Waals surface area contributed by atoms with Gasteiger partial charge in [-0.1, -0.05) is 11.6 Å². The molecule has 2 heterocycles. The average Bonchev–Trinajstić information content (AvgIpc) is 3.18. The largest absolute Gasteiger partial charge is 0.480 e. The van der Waals surface area contributed by atoms with E-state index in [1.54, 1.807) is 21.3 Å². The lowest BCUT2D eigenvalue weighted by Gasteiger charge is -2.12. The van der Waals surface area contributed by atoms with E-state index < -0.39 is 6.10 Å². The molecular formula is C20H20ClN3O3. The number of benzene rings is 2. The monoisotopic (exact) mass is 385 g/mol. The van der Waals surface area contributed by atoms with Crippen molar-refractivity contribution in [3.63, 3.8) is 0 Å². The predicted molar refractivity (Wildman–Crippen MR) is 106 cm³/mol. The van der Waals surface area contributed by atoms with Crippen molar-refractivity contribution in [3.8, 4) is 5.75 Å². The molecule has 1 N–H and O–H groups in total. The van der Waals surface area contributed by atoms with Crippen LogP contribution in [0.4, 0.5) is 5.69 Å². The molecule has 2 aromatic carbocycles. The minimum atomic E-state index is -0.595. The second-order valence-corrected chi connectivity index (χ2v) is 6.96. The van der Waals surface area contributed by atoms with E-state index >= 15 is 0 Å². The molecule has 0 radical (unpaired) electrons. The number of hydrogen-bond donors (Lipinski definition) is 1. The molecule has 4 rings (SSSR count). The summed E-state index contributed by atoms with van der Waals surface area (Å²) in [6.45, 7) is 5.05. The van der Waals surface area contributed by atoms with Crippen LogP contribution in [0.1, 0.15) is 19.4 Å². The quantitative estimate of drug-likeness (QED) is 0.748. The number of hydrogen-bond acceptors (Lipinski definition) is 3. The molecule has 0 spiro atoms. The molecule has 6 nitrogen and oxygen atoms in total. The highest BCUT2D eigenvalue weighted by molar-refractivity contribution is 6.30. The Labute approximate surface area is 161 Å². The fraction of sp³-hybridized carbons (Fsp3) is 0.300. The summed E-state index contributed by atoms with van der Waals surface area (Å²) in [5.41, 5.74) is 3.20. The van der Waals surface area contributed by atoms with E-state index in [4.69, 9.17) is 16.3 Å². The summed E-state index contributed by atoms with van der Waals surface area (Å²) in [4.78, 5) is 25.1. The first kappa shape index (κ1) is 17.7. The van der Waals surface area contributed by atoms with Crippen molar-refractivity contribution in [2.45, 2.75) is 39.5 Å². The molecule has 1 aliphatic heterocycles. The van der Waals surface area contributed by atoms with Gasteiger partial charge in [0.05, 0.1) is 11.0 Å². The molecule has 1 aliphatic rings. The van der Waals surface area contributed by atoms with Gasteiger partial charge < -0.3 is 10.1 Å². The SMILES string of the molecule is CCn1c(=O)n(CC)c2cc(NC(=O)[C@@H]3Cc4cc(Cl)ccc4O3)ccc21. The van der Waals surface area contributed by atoms with E-state index in [0.29, 0.717) is 36.0 Å². The Kier molecular flexibility index (Phi) is 4.44. The van der Waals surface area contributed by atoms with Gasteiger partial charge in [0.2, 0.25) is 0 Å². The molecule has 0 unspecified atom stereocenters. The summed E-state index contributed by atoms with van der Waals surface area (Å²) in [7, 11) is 0. The van der Waals surface area contributed by atoms with E-state index in [9.17, 15) is 9.59 Å². The molecule has 1 atom stereocenters. The van der Waals surface area contributed by atoms with Crippen LogP contribution in [0.3, 0.4) is 0 Å². The lowest BCUT2D eigenvalue weighted by atomic mass is 10.1. The van der Waals surface area contributed by atoms with Crippen LogP contribution in [-0.4, -0.2) is 21.1 Å². The van der Waals surface area contributed by atoms with Crippen molar-refractivity contribution < 1.29 is 9.53 Å². The normalized spacial score (nSPS) is 15.6. The fourth-order valence-electron chi connectivity index (χ4n) is 3.59. The summed E-state index contributed by atoms with van der Waals surface area (Å²) in [6, 6.07) is 10.9. The number of ether oxygens (including phenoxy) is 1. The molecule has 0 bridgehead atoms. The number of aromatic nitrogens is 2. The molecule has 140 valence electrons. The standard InChI is InChI=1S/C20H20ClN3O3/c1-3-23-15-7-6-14(11-16(15)24(4-2)20(23)26)22-19(25)18-10-12-9-13(21)5-8-17(12)27-18/h5-9,11,18H,3-4,10H2,1-2H3,(H,22,25)/t18-/m0/s1. The number of carbonyl (C=O) groups excluding carboxylic acids is 1. The Morgan fingerprint density at radius 2 is 1.89 bits per heavy atom. The highest BCUT2D eigenvalue weighted by Crippen LogP contribution is 2.31. The van der Waals surface area contributed by atoms with Gasteiger partial charge in [0.1, 0.15) is 5.75 Å². The third kappa shape index (κ3) is 3.00. The zero-order valence-electron chi connectivity index (χ0n) is 15.2. The van der Waals surface area contributed by atoms with Crippen molar-refractivity contribution in [1.82, 2.24) is 9.13 Å². The first-order chi connectivity index (χ1) is 13.0. The molecular weight excluding hydrogens is 366 g/mol. The maximum Gasteiger partial charge on any atom is 0.329 e. The van der Waals surface area contributed by atoms with Crippen LogP contribution < -0.4 is 15.7 Å². The number of fused-ring (bicyclic) bond motifs is 2. The Hall–Kier alpha value is -2.73. The lowest BCUT2D eigenvalue weighted by Crippen LogP contribution is -2.31. The van der Waals surface area contributed by atoms with Gasteiger partial charge in [-0.3, -0.25) is 13.9 Å². The zero-order chi connectivity index (χ0) is 19.1. The van der Waals surface area contributed by atoms with Gasteiger partial charge in [0.25, 0.3) is 5.91 Å². The van der Waals surface area contributed by atoms with Gasteiger partial charge in [0, 0.05) is 30.2 Å². The molecule has 0 saturated heterocycles. The number of imidazole rings is 1. The molecule has 7 heteroatoms. The minimum Gasteiger partial charge on any atom is -0.480 e. The maximum atomic E-state index is 12.6. The number of halogens is 1. The van der Waals surface area contributed by atoms with Gasteiger partial charge in [-0.05, 0) is 55.8 Å². The number of carbonyl (C=O) groups is 1. The molecule has 1 amide bonds. The summed E-state index contributed by atoms with van der Waals surface area (Å²) in [5, 5.41) is 3.53. The number of nitrogens with zero attached hydrogens (tertiary/aromatic N) is 2. The number of aryl methyl sites for hydroxylation is 2. The first-order valence-electron chi connectivity index (χ1n) is 9.00. The van der Waals surface area contributed by atoms with Gasteiger partial charge >= 0.3 is 5.69 Å². The van der Waals surface area contributed by atoms with E-state index in [0.717, 1.165) is 16.6 Å². The summed E-state index contributed by atoms with van der Waals surface area (Å²) < 4.78 is 9.17. The van der Waals surface area contributed by atoms with Crippen molar-refractivity contribution in [3.05, 3.63) is 57.5 Å². The van der Waals surface area contributed by atoms with E-state index in [-0.39, 0.29) is 11.6 Å². The number of rotatable bonds is 4. The molecule has 1 aromatic heterocycles. The van der Waals surface area contributed by atoms with Crippen LogP contribution >= 0.6 is 11.6 Å². The minimum absolute atomic E-state index is 0.0371. The Morgan fingerprint density at radius 1 is 1.15 bits per heavy atom. The average molecular weight is 386 g/mol. The second-order valence-electron chi connectivity index (χ2n) is 6.53. The highest BCUT2D eigenvalue weighted by Gasteiger charge is 2.29. The van der Waals surface area contributed by atoms with Crippen LogP contribution in [-0.2, 0) is 24.3 Å². The van der Waals surface area contributed by atoms with E-state index in [1.807, 2.05) is 38.1 Å². The van der Waals surface area contributed by atoms with E-state index in [1.165, 1.54) is 0 Å². The molecule has 27 heavy (non-hydrogen) atoms. The Morgan fingerprint density at radius 3 is 2.63 bits per heavy atom. The number of anilines is 1. The molecule has 0 aliphatic carbocycles. The van der Waals surface area contributed by atoms with Crippen molar-refractivity contribution in [2.24, 2.45) is 0 Å². The summed E-state index contributed by atoms with van der Waals surface area (Å²) in [6.07, 6.45) is -0.113. The van der Waals surface area contributed by atoms with Crippen LogP contribution in [0.2, 0.25) is 5.02 Å². The van der Waals surface area contributed by atoms with Crippen LogP contribution in [0.5, 0.6) is 5.75 Å². The Bertz CT molecular complexity index is 1100. The molecule has 3 aromatic rings.